The van der Waals surface area contributed by atoms with Crippen molar-refractivity contribution in [3.8, 4) is 5.88 Å². The maximum atomic E-state index is 13.5. The highest BCUT2D eigenvalue weighted by atomic mass is 16.6. The predicted molar refractivity (Wildman–Crippen MR) is 281 cm³/mol. The Labute approximate surface area is 434 Å². The number of anilines is 7. The largest absolute Gasteiger partial charge is 0.474 e. The number of piperazine rings is 1. The third-order valence-corrected chi connectivity index (χ3v) is 15.0. The quantitative estimate of drug-likeness (QED) is 0.142. The van der Waals surface area contributed by atoms with Crippen molar-refractivity contribution in [3.63, 3.8) is 0 Å². The molecule has 3 N–H and O–H groups in total. The van der Waals surface area contributed by atoms with Crippen molar-refractivity contribution in [2.75, 3.05) is 89.2 Å². The Morgan fingerprint density at radius 1 is 0.800 bits per heavy atom. The van der Waals surface area contributed by atoms with Gasteiger partial charge in [-0.2, -0.15) is 0 Å². The van der Waals surface area contributed by atoms with E-state index in [2.05, 4.69) is 45.5 Å². The summed E-state index contributed by atoms with van der Waals surface area (Å²) >= 11 is 0. The normalized spacial score (nSPS) is 19.4. The summed E-state index contributed by atoms with van der Waals surface area (Å²) in [5.74, 6) is -1.67. The first-order valence-electron chi connectivity index (χ1n) is 25.7. The zero-order chi connectivity index (χ0) is 52.3. The number of carbonyl (C=O) groups excluding carboxylic acids is 6. The van der Waals surface area contributed by atoms with Crippen LogP contribution in [0, 0.1) is 6.92 Å². The van der Waals surface area contributed by atoms with E-state index < -0.39 is 47.3 Å². The number of benzene rings is 3. The standard InChI is InChI=1S/C55H60N12O8/c1-32(34-6-8-37(9-7-34)59-53-57-27-35-18-19-64(31-43(35)60-53)45-28-56-50-47(33(45)2)66(24-25-74-50)54(73)75-55(3,4)5)48(69)58-36-10-12-38(13-11-36)62-20-22-63(23-21-62)40-29-65(30-40)39-14-15-41-42(26-39)52(72)67(51(41)71)44-16-17-46(68)61-49(44)70/h6-15,26-28,32,40,44H,16-25,29-31H2,1-5H3,(H,58,69)(H,57,59,60)(H,61,68,70)/t32-,44?/m1/s1. The molecular formula is C55H60N12O8. The zero-order valence-electron chi connectivity index (χ0n) is 42.7. The van der Waals surface area contributed by atoms with Gasteiger partial charge in [-0.1, -0.05) is 12.1 Å². The second-order valence-electron chi connectivity index (χ2n) is 21.0. The zero-order valence-corrected chi connectivity index (χ0v) is 42.7. The molecule has 5 aromatic rings. The van der Waals surface area contributed by atoms with Gasteiger partial charge in [-0.15, -0.1) is 0 Å². The van der Waals surface area contributed by atoms with Crippen LogP contribution in [0.4, 0.5) is 44.9 Å². The number of piperidine rings is 1. The molecule has 2 atom stereocenters. The highest BCUT2D eigenvalue weighted by molar-refractivity contribution is 6.23. The second kappa shape index (κ2) is 19.6. The second-order valence-corrected chi connectivity index (χ2v) is 21.0. The molecule has 0 bridgehead atoms. The number of nitrogens with zero attached hydrogens (tertiary/aromatic N) is 9. The topological polar surface area (TPSA) is 215 Å². The number of ether oxygens (including phenoxy) is 2. The summed E-state index contributed by atoms with van der Waals surface area (Å²) in [6, 6.07) is 20.3. The van der Waals surface area contributed by atoms with Crippen LogP contribution >= 0.6 is 0 Å². The fraction of sp³-hybridized carbons (Fsp3) is 0.400. The van der Waals surface area contributed by atoms with Crippen molar-refractivity contribution in [3.05, 3.63) is 113 Å². The monoisotopic (exact) mass is 1020 g/mol. The third kappa shape index (κ3) is 9.77. The Bertz CT molecular complexity index is 3110. The number of hydrogen-bond acceptors (Lipinski definition) is 16. The van der Waals surface area contributed by atoms with Gasteiger partial charge in [-0.05, 0) is 113 Å². The fourth-order valence-electron chi connectivity index (χ4n) is 10.8. The van der Waals surface area contributed by atoms with Crippen LogP contribution in [0.5, 0.6) is 5.88 Å². The van der Waals surface area contributed by atoms with E-state index in [0.29, 0.717) is 43.3 Å². The van der Waals surface area contributed by atoms with Gasteiger partial charge in [0.2, 0.25) is 29.5 Å². The summed E-state index contributed by atoms with van der Waals surface area (Å²) in [4.78, 5) is 103. The Morgan fingerprint density at radius 3 is 2.25 bits per heavy atom. The predicted octanol–water partition coefficient (Wildman–Crippen LogP) is 5.77. The van der Waals surface area contributed by atoms with Gasteiger partial charge < -0.3 is 34.8 Å². The highest BCUT2D eigenvalue weighted by Gasteiger charge is 2.45. The fourth-order valence-corrected chi connectivity index (χ4v) is 10.8. The van der Waals surface area contributed by atoms with Crippen LogP contribution in [-0.4, -0.2) is 137 Å². The number of fused-ring (bicyclic) bond motifs is 3. The SMILES string of the molecule is Cc1c(N2CCc3cnc(Nc4ccc([C@@H](C)C(=O)Nc5ccc(N6CCN(C7CN(c8ccc9c(c8)C(=O)N(C8CCC(=O)NC8=O)C9=O)C7)CC6)cc5)cc4)nc3C2)cnc2c1N(C(=O)OC(C)(C)C)CCO2. The maximum Gasteiger partial charge on any atom is 0.415 e. The molecule has 20 nitrogen and oxygen atoms in total. The number of hydrogen-bond donors (Lipinski definition) is 3. The third-order valence-electron chi connectivity index (χ3n) is 15.0. The van der Waals surface area contributed by atoms with Gasteiger partial charge >= 0.3 is 6.09 Å². The molecule has 388 valence electrons. The lowest BCUT2D eigenvalue weighted by Crippen LogP contribution is -2.63. The molecule has 0 radical (unpaired) electrons. The molecule has 20 heteroatoms. The molecule has 3 aromatic carbocycles. The first-order chi connectivity index (χ1) is 36.0. The van der Waals surface area contributed by atoms with E-state index in [1.165, 1.54) is 0 Å². The number of carbonyl (C=O) groups is 6. The van der Waals surface area contributed by atoms with Crippen LogP contribution in [0.2, 0.25) is 0 Å². The van der Waals surface area contributed by atoms with Crippen molar-refractivity contribution >= 4 is 75.7 Å². The van der Waals surface area contributed by atoms with E-state index >= 15 is 0 Å². The molecule has 0 aliphatic carbocycles. The van der Waals surface area contributed by atoms with Crippen LogP contribution in [0.25, 0.3) is 0 Å². The average Bonchev–Trinajstić information content (AvgIpc) is 3.65. The highest BCUT2D eigenvalue weighted by Crippen LogP contribution is 2.40. The average molecular weight is 1020 g/mol. The van der Waals surface area contributed by atoms with E-state index in [1.54, 1.807) is 23.2 Å². The van der Waals surface area contributed by atoms with Crippen LogP contribution in [0.15, 0.2) is 79.1 Å². The molecule has 3 fully saturated rings. The summed E-state index contributed by atoms with van der Waals surface area (Å²) in [6.07, 6.45) is 4.19. The first-order valence-corrected chi connectivity index (χ1v) is 25.7. The smallest absolute Gasteiger partial charge is 0.415 e. The van der Waals surface area contributed by atoms with Gasteiger partial charge in [-0.25, -0.2) is 19.7 Å². The molecule has 1 unspecified atom stereocenters. The Balaban J connectivity index is 0.641. The molecule has 0 spiro atoms. The molecule has 8 heterocycles. The Hall–Kier alpha value is -8.13. The van der Waals surface area contributed by atoms with E-state index in [4.69, 9.17) is 14.5 Å². The molecule has 75 heavy (non-hydrogen) atoms. The van der Waals surface area contributed by atoms with E-state index in [9.17, 15) is 28.8 Å². The lowest BCUT2D eigenvalue weighted by atomic mass is 10.00. The van der Waals surface area contributed by atoms with E-state index in [0.717, 1.165) is 108 Å². The van der Waals surface area contributed by atoms with Gasteiger partial charge in [0, 0.05) is 92.8 Å². The summed E-state index contributed by atoms with van der Waals surface area (Å²) in [6.45, 7) is 16.5. The van der Waals surface area contributed by atoms with E-state index in [1.807, 2.05) is 95.4 Å². The first kappa shape index (κ1) is 49.1. The van der Waals surface area contributed by atoms with Gasteiger partial charge in [-0.3, -0.25) is 44.0 Å². The number of amides is 6. The van der Waals surface area contributed by atoms with Crippen LogP contribution in [0.1, 0.15) is 89.6 Å². The molecular weight excluding hydrogens is 957 g/mol. The molecule has 11 rings (SSSR count). The number of nitrogens with one attached hydrogen (secondary N) is 3. The lowest BCUT2D eigenvalue weighted by molar-refractivity contribution is -0.136. The Kier molecular flexibility index (Phi) is 12.8. The van der Waals surface area contributed by atoms with Crippen molar-refractivity contribution in [1.82, 2.24) is 30.1 Å². The van der Waals surface area contributed by atoms with Gasteiger partial charge in [0.15, 0.2) is 0 Å². The number of pyridine rings is 1. The van der Waals surface area contributed by atoms with Gasteiger partial charge in [0.25, 0.3) is 11.8 Å². The van der Waals surface area contributed by atoms with Crippen molar-refractivity contribution in [2.45, 2.75) is 84.0 Å². The van der Waals surface area contributed by atoms with Crippen molar-refractivity contribution in [1.29, 1.82) is 0 Å². The summed E-state index contributed by atoms with van der Waals surface area (Å²) in [5.41, 5.74) is 8.62. The van der Waals surface area contributed by atoms with Gasteiger partial charge in [0.05, 0.1) is 47.7 Å². The minimum absolute atomic E-state index is 0.0800. The molecule has 0 saturated carbocycles. The minimum atomic E-state index is -0.988. The lowest BCUT2D eigenvalue weighted by Gasteiger charge is -2.49. The summed E-state index contributed by atoms with van der Waals surface area (Å²) in [5, 5.41) is 8.67. The summed E-state index contributed by atoms with van der Waals surface area (Å²) in [7, 11) is 0. The molecule has 3 saturated heterocycles. The van der Waals surface area contributed by atoms with Crippen LogP contribution < -0.4 is 40.3 Å². The maximum absolute atomic E-state index is 13.5. The molecule has 6 aliphatic heterocycles. The van der Waals surface area contributed by atoms with E-state index in [-0.39, 0.29) is 29.9 Å². The molecule has 6 aliphatic rings. The number of rotatable bonds is 10. The molecule has 2 aromatic heterocycles. The Morgan fingerprint density at radius 2 is 1.52 bits per heavy atom. The number of aromatic nitrogens is 3. The van der Waals surface area contributed by atoms with Crippen molar-refractivity contribution < 1.29 is 38.2 Å². The van der Waals surface area contributed by atoms with Crippen LogP contribution in [0.3, 0.4) is 0 Å². The van der Waals surface area contributed by atoms with Gasteiger partial charge in [0.1, 0.15) is 23.9 Å². The molecule has 6 amide bonds. The summed E-state index contributed by atoms with van der Waals surface area (Å²) < 4.78 is 11.6. The number of imide groups is 2. The van der Waals surface area contributed by atoms with Crippen LogP contribution in [-0.2, 0) is 32.1 Å². The van der Waals surface area contributed by atoms with Crippen molar-refractivity contribution in [2.24, 2.45) is 0 Å². The minimum Gasteiger partial charge on any atom is -0.474 e.